The smallest absolute Gasteiger partial charge is 0.238 e. The first kappa shape index (κ1) is 12.1. The van der Waals surface area contributed by atoms with Crippen molar-refractivity contribution >= 4 is 17.4 Å². The Balaban J connectivity index is 2.27. The molecule has 0 aliphatic carbocycles. The number of carbonyl (C=O) groups excluding carboxylic acids is 2. The maximum atomic E-state index is 12.2. The largest absolute Gasteiger partial charge is 0.365 e. The summed E-state index contributed by atoms with van der Waals surface area (Å²) in [5.41, 5.74) is 6.65. The number of benzene rings is 1. The highest BCUT2D eigenvalue weighted by Crippen LogP contribution is 2.18. The predicted molar refractivity (Wildman–Crippen MR) is 68.4 cm³/mol. The van der Waals surface area contributed by atoms with E-state index in [0.717, 1.165) is 0 Å². The lowest BCUT2D eigenvalue weighted by molar-refractivity contribution is -0.114. The maximum absolute atomic E-state index is 12.2. The maximum Gasteiger partial charge on any atom is 0.238 e. The van der Waals surface area contributed by atoms with Gasteiger partial charge in [-0.15, -0.1) is 0 Å². The number of nitrogens with one attached hydrogen (secondary N) is 2. The van der Waals surface area contributed by atoms with Gasteiger partial charge in [0.2, 0.25) is 5.91 Å². The van der Waals surface area contributed by atoms with Crippen LogP contribution >= 0.6 is 0 Å². The number of anilines is 1. The van der Waals surface area contributed by atoms with Gasteiger partial charge in [-0.05, 0) is 0 Å². The molecule has 0 saturated heterocycles. The van der Waals surface area contributed by atoms with Crippen LogP contribution in [0.1, 0.15) is 15.9 Å². The van der Waals surface area contributed by atoms with E-state index < -0.39 is 0 Å². The van der Waals surface area contributed by atoms with Gasteiger partial charge in [0.05, 0.1) is 17.8 Å². The summed E-state index contributed by atoms with van der Waals surface area (Å²) in [4.78, 5) is 26.2. The average Bonchev–Trinajstić information content (AvgIpc) is 2.86. The van der Waals surface area contributed by atoms with Crippen LogP contribution in [0.4, 0.5) is 5.69 Å². The number of amides is 1. The number of H-pyrrole nitrogens is 1. The van der Waals surface area contributed by atoms with Crippen LogP contribution in [0.3, 0.4) is 0 Å². The third-order valence-electron chi connectivity index (χ3n) is 2.49. The standard InChI is InChI=1S/C13H13N3O2/c14-6-12(17)16-11-8-15-7-10(11)13(18)9-4-2-1-3-5-9/h1-5,7-8,15H,6,14H2,(H,16,17). The highest BCUT2D eigenvalue weighted by molar-refractivity contribution is 6.13. The summed E-state index contributed by atoms with van der Waals surface area (Å²) in [6, 6.07) is 8.87. The van der Waals surface area contributed by atoms with Crippen molar-refractivity contribution in [1.29, 1.82) is 0 Å². The van der Waals surface area contributed by atoms with Crippen LogP contribution in [0.25, 0.3) is 0 Å². The SMILES string of the molecule is NCC(=O)Nc1c[nH]cc1C(=O)c1ccccc1. The summed E-state index contributed by atoms with van der Waals surface area (Å²) < 4.78 is 0. The Hall–Kier alpha value is -2.40. The van der Waals surface area contributed by atoms with Gasteiger partial charge >= 0.3 is 0 Å². The van der Waals surface area contributed by atoms with Crippen molar-refractivity contribution in [1.82, 2.24) is 4.98 Å². The summed E-state index contributed by atoms with van der Waals surface area (Å²) in [6.07, 6.45) is 3.12. The predicted octanol–water partition coefficient (Wildman–Crippen LogP) is 1.14. The van der Waals surface area contributed by atoms with Crippen LogP contribution in [-0.2, 0) is 4.79 Å². The molecule has 0 bridgehead atoms. The Kier molecular flexibility index (Phi) is 3.54. The average molecular weight is 243 g/mol. The van der Waals surface area contributed by atoms with E-state index in [0.29, 0.717) is 16.8 Å². The van der Waals surface area contributed by atoms with E-state index in [-0.39, 0.29) is 18.2 Å². The Morgan fingerprint density at radius 3 is 2.56 bits per heavy atom. The fourth-order valence-electron chi connectivity index (χ4n) is 1.60. The lowest BCUT2D eigenvalue weighted by atomic mass is 10.1. The summed E-state index contributed by atoms with van der Waals surface area (Å²) in [5.74, 6) is -0.485. The monoisotopic (exact) mass is 243 g/mol. The van der Waals surface area contributed by atoms with Crippen molar-refractivity contribution in [2.75, 3.05) is 11.9 Å². The number of carbonyl (C=O) groups is 2. The molecule has 5 nitrogen and oxygen atoms in total. The van der Waals surface area contributed by atoms with Crippen molar-refractivity contribution in [3.63, 3.8) is 0 Å². The first-order valence-electron chi connectivity index (χ1n) is 5.49. The fraction of sp³-hybridized carbons (Fsp3) is 0.0769. The zero-order valence-corrected chi connectivity index (χ0v) is 9.64. The highest BCUT2D eigenvalue weighted by Gasteiger charge is 2.15. The molecule has 0 spiro atoms. The topological polar surface area (TPSA) is 88.0 Å². The molecule has 4 N–H and O–H groups in total. The minimum Gasteiger partial charge on any atom is -0.365 e. The van der Waals surface area contributed by atoms with Gasteiger partial charge in [0.15, 0.2) is 5.78 Å². The molecule has 1 aromatic heterocycles. The molecule has 1 heterocycles. The third kappa shape index (κ3) is 2.46. The molecule has 0 aliphatic rings. The first-order chi connectivity index (χ1) is 8.72. The quantitative estimate of drug-likeness (QED) is 0.704. The second-order valence-corrected chi connectivity index (χ2v) is 3.73. The number of rotatable bonds is 4. The number of nitrogens with two attached hydrogens (primary N) is 1. The lowest BCUT2D eigenvalue weighted by Gasteiger charge is -2.04. The Labute approximate surface area is 104 Å². The molecule has 2 rings (SSSR count). The molecule has 5 heteroatoms. The summed E-state index contributed by atoms with van der Waals surface area (Å²) in [5, 5.41) is 2.57. The molecule has 0 atom stereocenters. The van der Waals surface area contributed by atoms with Crippen molar-refractivity contribution < 1.29 is 9.59 Å². The first-order valence-corrected chi connectivity index (χ1v) is 5.49. The van der Waals surface area contributed by atoms with E-state index in [1.807, 2.05) is 6.07 Å². The van der Waals surface area contributed by atoms with E-state index in [2.05, 4.69) is 10.3 Å². The van der Waals surface area contributed by atoms with E-state index in [4.69, 9.17) is 5.73 Å². The molecular weight excluding hydrogens is 230 g/mol. The van der Waals surface area contributed by atoms with Crippen molar-refractivity contribution in [2.45, 2.75) is 0 Å². The zero-order valence-electron chi connectivity index (χ0n) is 9.64. The molecule has 0 saturated carbocycles. The van der Waals surface area contributed by atoms with Gasteiger partial charge in [-0.2, -0.15) is 0 Å². The lowest BCUT2D eigenvalue weighted by Crippen LogP contribution is -2.22. The molecule has 0 aliphatic heterocycles. The Morgan fingerprint density at radius 2 is 1.89 bits per heavy atom. The van der Waals surface area contributed by atoms with Crippen LogP contribution in [0.2, 0.25) is 0 Å². The van der Waals surface area contributed by atoms with Gasteiger partial charge in [0.25, 0.3) is 0 Å². The second kappa shape index (κ2) is 5.29. The molecule has 1 amide bonds. The van der Waals surface area contributed by atoms with E-state index in [1.165, 1.54) is 0 Å². The summed E-state index contributed by atoms with van der Waals surface area (Å²) >= 11 is 0. The Bertz CT molecular complexity index is 561. The summed E-state index contributed by atoms with van der Waals surface area (Å²) in [6.45, 7) is -0.121. The van der Waals surface area contributed by atoms with E-state index in [1.54, 1.807) is 36.7 Å². The molecule has 0 unspecified atom stereocenters. The molecule has 92 valence electrons. The molecule has 0 radical (unpaired) electrons. The molecule has 0 fully saturated rings. The zero-order chi connectivity index (χ0) is 13.0. The summed E-state index contributed by atoms with van der Waals surface area (Å²) in [7, 11) is 0. The molecule has 1 aromatic carbocycles. The van der Waals surface area contributed by atoms with E-state index in [9.17, 15) is 9.59 Å². The number of aromatic amines is 1. The molecule has 2 aromatic rings. The van der Waals surface area contributed by atoms with Crippen molar-refractivity contribution in [3.8, 4) is 0 Å². The van der Waals surface area contributed by atoms with Gasteiger partial charge in [-0.3, -0.25) is 9.59 Å². The van der Waals surface area contributed by atoms with Crippen LogP contribution < -0.4 is 11.1 Å². The van der Waals surface area contributed by atoms with Gasteiger partial charge in [0.1, 0.15) is 0 Å². The van der Waals surface area contributed by atoms with Crippen LogP contribution in [-0.4, -0.2) is 23.2 Å². The fourth-order valence-corrected chi connectivity index (χ4v) is 1.60. The number of ketones is 1. The van der Waals surface area contributed by atoms with Gasteiger partial charge in [-0.25, -0.2) is 0 Å². The van der Waals surface area contributed by atoms with Gasteiger partial charge < -0.3 is 16.0 Å². The molecule has 18 heavy (non-hydrogen) atoms. The minimum atomic E-state index is -0.336. The van der Waals surface area contributed by atoms with Crippen LogP contribution in [0.5, 0.6) is 0 Å². The normalized spacial score (nSPS) is 10.1. The number of hydrogen-bond donors (Lipinski definition) is 3. The second-order valence-electron chi connectivity index (χ2n) is 3.73. The Morgan fingerprint density at radius 1 is 1.17 bits per heavy atom. The minimum absolute atomic E-state index is 0.121. The molecular formula is C13H13N3O2. The van der Waals surface area contributed by atoms with Gasteiger partial charge in [-0.1, -0.05) is 30.3 Å². The number of hydrogen-bond acceptors (Lipinski definition) is 3. The number of aromatic nitrogens is 1. The van der Waals surface area contributed by atoms with Crippen LogP contribution in [0, 0.1) is 0 Å². The van der Waals surface area contributed by atoms with Crippen molar-refractivity contribution in [3.05, 3.63) is 53.9 Å². The van der Waals surface area contributed by atoms with E-state index >= 15 is 0 Å². The van der Waals surface area contributed by atoms with Gasteiger partial charge in [0, 0.05) is 18.0 Å². The van der Waals surface area contributed by atoms with Crippen LogP contribution in [0.15, 0.2) is 42.7 Å². The highest BCUT2D eigenvalue weighted by atomic mass is 16.2. The third-order valence-corrected chi connectivity index (χ3v) is 2.49. The van der Waals surface area contributed by atoms with Crippen molar-refractivity contribution in [2.24, 2.45) is 5.73 Å².